The smallest absolute Gasteiger partial charge is 0.274 e. The van der Waals surface area contributed by atoms with Gasteiger partial charge < -0.3 is 27.0 Å². The Balaban J connectivity index is 0.000000162. The standard InChI is InChI=1S/C20H12Cl3N3O.C20H15Cl3N2O.C19H16Cl3N3O2.C19H13Cl3N2O/c21-15-6-8-18(25-11-15)19(14-5-7-16(22)17(23)9-14)26-20(27)13-3-1-12(10-24)2-4-13;1-12-3-2-4-14(9-12)20(26)25-19(18-8-6-15(21)11-24-18)13-5-7-16(22)17(23)10-13;20-13-3-1-2-12(8-13)18(26)24-16(11-6-7-14(21)15(22)9-11)19(27)25-17(23)10-4-5-10;20-14-7-9-17(23-11-14)18(13-6-8-15(21)16(22)10-13)24-19(25)12-4-2-1-3-5-12/h1-9,11,19H,(H,26,27);2-11,19H,1H3,(H,25,26);1-3,6-10,16H,4-5H2,(H,24,26)(H2,23,25,27);1-11,18H,(H,24,25)/t2*19-;;18-/m00.0/s1. The average molecular weight is 1640 g/mol. The molecule has 1 aliphatic rings. The number of nitrogens with two attached hydrogens (primary N) is 1. The van der Waals surface area contributed by atoms with Crippen LogP contribution in [0.2, 0.25) is 60.3 Å². The van der Waals surface area contributed by atoms with Crippen LogP contribution in [-0.4, -0.2) is 50.3 Å². The number of nitrogens with zero attached hydrogens (tertiary/aromatic N) is 5. The predicted molar refractivity (Wildman–Crippen MR) is 421 cm³/mol. The predicted octanol–water partition coefficient (Wildman–Crippen LogP) is 21.3. The fourth-order valence-corrected chi connectivity index (χ4v) is 11.7. The molecular formula is C78H56Cl12N10O5. The van der Waals surface area contributed by atoms with Gasteiger partial charge in [0.25, 0.3) is 29.5 Å². The summed E-state index contributed by atoms with van der Waals surface area (Å²) in [7, 11) is 0. The maximum absolute atomic E-state index is 12.7. The molecule has 0 spiro atoms. The molecular weight excluding hydrogens is 1580 g/mol. The molecule has 3 aromatic heterocycles. The summed E-state index contributed by atoms with van der Waals surface area (Å²) in [6, 6.07) is 59.2. The number of pyridine rings is 3. The lowest BCUT2D eigenvalue weighted by Gasteiger charge is -2.20. The Morgan fingerprint density at radius 1 is 0.400 bits per heavy atom. The van der Waals surface area contributed by atoms with E-state index in [4.69, 9.17) is 150 Å². The van der Waals surface area contributed by atoms with E-state index in [-0.39, 0.29) is 34.5 Å². The second kappa shape index (κ2) is 38.5. The fraction of sp³-hybridized carbons (Fsp3) is 0.103. The summed E-state index contributed by atoms with van der Waals surface area (Å²) in [5.41, 5.74) is 13.8. The molecule has 3 heterocycles. The van der Waals surface area contributed by atoms with E-state index >= 15 is 0 Å². The first-order valence-corrected chi connectivity index (χ1v) is 36.0. The van der Waals surface area contributed by atoms with Crippen molar-refractivity contribution in [3.05, 3.63) is 364 Å². The van der Waals surface area contributed by atoms with Crippen molar-refractivity contribution >= 4 is 175 Å². The van der Waals surface area contributed by atoms with Gasteiger partial charge in [0.05, 0.1) is 102 Å². The molecule has 15 nitrogen and oxygen atoms in total. The quantitative estimate of drug-likeness (QED) is 0.0427. The minimum atomic E-state index is -1.05. The number of nitrogens with one attached hydrogen (secondary N) is 4. The zero-order valence-electron chi connectivity index (χ0n) is 54.6. The lowest BCUT2D eigenvalue weighted by molar-refractivity contribution is -0.119. The molecule has 105 heavy (non-hydrogen) atoms. The topological polar surface area (TPSA) is 234 Å². The Morgan fingerprint density at radius 2 is 0.771 bits per heavy atom. The zero-order chi connectivity index (χ0) is 75.4. The molecule has 0 saturated heterocycles. The molecule has 532 valence electrons. The van der Waals surface area contributed by atoms with Crippen LogP contribution in [0, 0.1) is 24.2 Å². The van der Waals surface area contributed by atoms with Gasteiger partial charge in [-0.3, -0.25) is 38.9 Å². The summed E-state index contributed by atoms with van der Waals surface area (Å²) in [5.74, 6) is -1.37. The fourth-order valence-electron chi connectivity index (χ4n) is 9.94. The number of rotatable bonds is 17. The van der Waals surface area contributed by atoms with Crippen molar-refractivity contribution in [2.45, 2.75) is 43.9 Å². The molecule has 1 aliphatic carbocycles. The number of hydrogen-bond donors (Lipinski definition) is 5. The summed E-state index contributed by atoms with van der Waals surface area (Å²) in [5, 5.41) is 25.6. The number of carbonyl (C=O) groups excluding carboxylic acids is 5. The number of aliphatic imine (C=N–C) groups is 1. The third-order valence-electron chi connectivity index (χ3n) is 15.5. The monoisotopic (exact) mass is 1630 g/mol. The van der Waals surface area contributed by atoms with E-state index in [9.17, 15) is 24.0 Å². The SMILES string of the molecule is Cc1cccc(C(=O)N[C@@H](c2ccc(Cl)c(Cl)c2)c2ccc(Cl)cn2)c1.N#Cc1ccc(C(=O)N[C@@H](c2ccc(Cl)c(Cl)c2)c2ccc(Cl)cn2)cc1.NC(=NC(=O)C(NC(=O)c1cccc(Cl)c1)c1ccc(Cl)c(Cl)c1)C1CC1.O=C(N[C@@H](c1ccc(Cl)c(Cl)c1)c1ccc(Cl)cn1)c1ccccc1. The number of halogens is 12. The second-order valence-corrected chi connectivity index (χ2v) is 28.1. The highest BCUT2D eigenvalue weighted by molar-refractivity contribution is 6.43. The zero-order valence-corrected chi connectivity index (χ0v) is 63.7. The van der Waals surface area contributed by atoms with Crippen LogP contribution in [0.25, 0.3) is 0 Å². The molecule has 5 amide bonds. The number of nitriles is 1. The van der Waals surface area contributed by atoms with Crippen LogP contribution < -0.4 is 27.0 Å². The first-order valence-electron chi connectivity index (χ1n) is 31.4. The van der Waals surface area contributed by atoms with Gasteiger partial charge in [-0.15, -0.1) is 0 Å². The van der Waals surface area contributed by atoms with Gasteiger partial charge in [-0.2, -0.15) is 10.3 Å². The molecule has 1 saturated carbocycles. The Morgan fingerprint density at radius 3 is 1.15 bits per heavy atom. The van der Waals surface area contributed by atoms with E-state index in [1.165, 1.54) is 24.5 Å². The van der Waals surface area contributed by atoms with Crippen molar-refractivity contribution in [1.82, 2.24) is 36.2 Å². The van der Waals surface area contributed by atoms with Gasteiger partial charge in [0.15, 0.2) is 0 Å². The van der Waals surface area contributed by atoms with Gasteiger partial charge in [0.1, 0.15) is 11.9 Å². The molecule has 0 radical (unpaired) electrons. The van der Waals surface area contributed by atoms with Gasteiger partial charge in [0.2, 0.25) is 0 Å². The molecule has 8 aromatic carbocycles. The van der Waals surface area contributed by atoms with Crippen molar-refractivity contribution in [3.8, 4) is 6.07 Å². The maximum Gasteiger partial charge on any atom is 0.274 e. The highest BCUT2D eigenvalue weighted by Gasteiger charge is 2.30. The maximum atomic E-state index is 12.7. The van der Waals surface area contributed by atoms with E-state index < -0.39 is 36.0 Å². The highest BCUT2D eigenvalue weighted by Crippen LogP contribution is 2.35. The van der Waals surface area contributed by atoms with Crippen molar-refractivity contribution in [3.63, 3.8) is 0 Å². The minimum absolute atomic E-state index is 0.132. The van der Waals surface area contributed by atoms with Crippen LogP contribution in [-0.2, 0) is 4.79 Å². The van der Waals surface area contributed by atoms with Gasteiger partial charge in [-0.25, -0.2) is 0 Å². The first kappa shape index (κ1) is 80.3. The first-order chi connectivity index (χ1) is 50.3. The van der Waals surface area contributed by atoms with Crippen LogP contribution >= 0.6 is 139 Å². The Kier molecular flexibility index (Phi) is 29.4. The Bertz CT molecular complexity index is 5020. The average Bonchev–Trinajstić information content (AvgIpc) is 1.81. The molecule has 6 N–H and O–H groups in total. The van der Waals surface area contributed by atoms with E-state index in [0.717, 1.165) is 35.1 Å². The summed E-state index contributed by atoms with van der Waals surface area (Å²) in [6.45, 7) is 1.94. The Labute approximate surface area is 664 Å². The minimum Gasteiger partial charge on any atom is -0.387 e. The van der Waals surface area contributed by atoms with Gasteiger partial charge in [-0.1, -0.05) is 205 Å². The number of amidine groups is 1. The second-order valence-electron chi connectivity index (χ2n) is 23.1. The number of aryl methyl sites for hydroxylation is 1. The summed E-state index contributed by atoms with van der Waals surface area (Å²) >= 11 is 72.2. The third-order valence-corrected chi connectivity index (χ3v) is 19.4. The molecule has 0 aliphatic heterocycles. The molecule has 0 bridgehead atoms. The largest absolute Gasteiger partial charge is 0.387 e. The van der Waals surface area contributed by atoms with E-state index in [0.29, 0.717) is 106 Å². The summed E-state index contributed by atoms with van der Waals surface area (Å²) in [6.07, 6.45) is 6.41. The normalized spacial score (nSPS) is 12.6. The van der Waals surface area contributed by atoms with E-state index in [1.54, 1.807) is 164 Å². The van der Waals surface area contributed by atoms with Crippen molar-refractivity contribution in [2.75, 3.05) is 0 Å². The van der Waals surface area contributed by atoms with Crippen molar-refractivity contribution < 1.29 is 24.0 Å². The number of carbonyl (C=O) groups is 5. The molecule has 1 unspecified atom stereocenters. The number of hydrogen-bond acceptors (Lipinski definition) is 9. The molecule has 1 fully saturated rings. The van der Waals surface area contributed by atoms with Crippen molar-refractivity contribution in [1.29, 1.82) is 5.26 Å². The van der Waals surface area contributed by atoms with Crippen LogP contribution in [0.3, 0.4) is 0 Å². The van der Waals surface area contributed by atoms with Crippen LogP contribution in [0.1, 0.15) is 129 Å². The molecule has 11 aromatic rings. The van der Waals surface area contributed by atoms with E-state index in [1.807, 2.05) is 55.5 Å². The van der Waals surface area contributed by atoms with Crippen LogP contribution in [0.15, 0.2) is 236 Å². The number of amides is 5. The summed E-state index contributed by atoms with van der Waals surface area (Å²) in [4.78, 5) is 80.4. The number of aromatic nitrogens is 3. The summed E-state index contributed by atoms with van der Waals surface area (Å²) < 4.78 is 0. The van der Waals surface area contributed by atoms with Gasteiger partial charge in [-0.05, 0) is 194 Å². The Hall–Kier alpha value is -8.80. The number of benzene rings is 8. The lowest BCUT2D eigenvalue weighted by Crippen LogP contribution is -2.34. The lowest BCUT2D eigenvalue weighted by atomic mass is 10.0. The van der Waals surface area contributed by atoms with Gasteiger partial charge in [0, 0.05) is 51.8 Å². The highest BCUT2D eigenvalue weighted by atomic mass is 35.5. The molecule has 4 atom stereocenters. The molecule has 12 rings (SSSR count). The van der Waals surface area contributed by atoms with Crippen LogP contribution in [0.4, 0.5) is 0 Å². The van der Waals surface area contributed by atoms with Crippen LogP contribution in [0.5, 0.6) is 0 Å². The molecule has 27 heteroatoms. The van der Waals surface area contributed by atoms with Crippen molar-refractivity contribution in [2.24, 2.45) is 16.6 Å². The van der Waals surface area contributed by atoms with E-state index in [2.05, 4.69) is 41.2 Å². The third kappa shape index (κ3) is 23.3. The van der Waals surface area contributed by atoms with Gasteiger partial charge >= 0.3 is 0 Å².